The van der Waals surface area contributed by atoms with Gasteiger partial charge in [0, 0.05) is 19.0 Å². The number of hydrogen-bond donors (Lipinski definition) is 3. The number of carbonyl (C=O) groups is 3. The summed E-state index contributed by atoms with van der Waals surface area (Å²) in [6, 6.07) is 10.2. The molecule has 0 bridgehead atoms. The second kappa shape index (κ2) is 8.60. The molecule has 3 N–H and O–H groups in total. The molecule has 3 rings (SSSR count). The molecule has 0 radical (unpaired) electrons. The van der Waals surface area contributed by atoms with Crippen LogP contribution in [0, 0.1) is 5.92 Å². The highest BCUT2D eigenvalue weighted by Gasteiger charge is 2.34. The van der Waals surface area contributed by atoms with Gasteiger partial charge in [0.1, 0.15) is 5.76 Å². The Bertz CT molecular complexity index is 848. The van der Waals surface area contributed by atoms with Crippen molar-refractivity contribution in [3.8, 4) is 0 Å². The SMILES string of the molecule is CC(C)NC(=O)Nc1ccccc1NC(=O)C1CC(=O)N(Cc2ccco2)C1. The van der Waals surface area contributed by atoms with Crippen molar-refractivity contribution >= 4 is 29.2 Å². The second-order valence-corrected chi connectivity index (χ2v) is 7.04. The first-order chi connectivity index (χ1) is 13.4. The van der Waals surface area contributed by atoms with Crippen molar-refractivity contribution in [1.82, 2.24) is 10.2 Å². The molecule has 28 heavy (non-hydrogen) atoms. The number of hydrogen-bond acceptors (Lipinski definition) is 4. The van der Waals surface area contributed by atoms with E-state index in [1.165, 1.54) is 0 Å². The number of furan rings is 1. The molecule has 2 aromatic rings. The first-order valence-electron chi connectivity index (χ1n) is 9.20. The molecular weight excluding hydrogens is 360 g/mol. The summed E-state index contributed by atoms with van der Waals surface area (Å²) in [5, 5.41) is 8.29. The van der Waals surface area contributed by atoms with Crippen LogP contribution in [0.3, 0.4) is 0 Å². The standard InChI is InChI=1S/C20H24N4O4/c1-13(2)21-20(27)23-17-8-4-3-7-16(17)22-19(26)14-10-18(25)24(11-14)12-15-6-5-9-28-15/h3-9,13-14H,10-12H2,1-2H3,(H,22,26)(H2,21,23,27). The molecule has 1 fully saturated rings. The third kappa shape index (κ3) is 4.91. The number of amides is 4. The summed E-state index contributed by atoms with van der Waals surface area (Å²) in [6.45, 7) is 4.40. The Hall–Kier alpha value is -3.29. The molecule has 4 amide bonds. The summed E-state index contributed by atoms with van der Waals surface area (Å²) in [6.07, 6.45) is 1.70. The van der Waals surface area contributed by atoms with Crippen LogP contribution in [0.4, 0.5) is 16.2 Å². The van der Waals surface area contributed by atoms with E-state index in [1.54, 1.807) is 47.6 Å². The molecule has 8 heteroatoms. The zero-order valence-electron chi connectivity index (χ0n) is 15.9. The van der Waals surface area contributed by atoms with Crippen LogP contribution >= 0.6 is 0 Å². The van der Waals surface area contributed by atoms with E-state index in [-0.39, 0.29) is 30.3 Å². The maximum atomic E-state index is 12.7. The second-order valence-electron chi connectivity index (χ2n) is 7.04. The van der Waals surface area contributed by atoms with Crippen LogP contribution < -0.4 is 16.0 Å². The van der Waals surface area contributed by atoms with Crippen LogP contribution in [0.25, 0.3) is 0 Å². The predicted molar refractivity (Wildman–Crippen MR) is 105 cm³/mol. The van der Waals surface area contributed by atoms with E-state index < -0.39 is 5.92 Å². The van der Waals surface area contributed by atoms with Gasteiger partial charge in [-0.1, -0.05) is 12.1 Å². The summed E-state index contributed by atoms with van der Waals surface area (Å²) in [4.78, 5) is 38.5. The highest BCUT2D eigenvalue weighted by Crippen LogP contribution is 2.25. The fraction of sp³-hybridized carbons (Fsp3) is 0.350. The van der Waals surface area contributed by atoms with Gasteiger partial charge >= 0.3 is 6.03 Å². The lowest BCUT2D eigenvalue weighted by Crippen LogP contribution is -2.34. The average molecular weight is 384 g/mol. The number of nitrogens with zero attached hydrogens (tertiary/aromatic N) is 1. The molecule has 1 aliphatic heterocycles. The van der Waals surface area contributed by atoms with Crippen LogP contribution in [-0.4, -0.2) is 35.3 Å². The van der Waals surface area contributed by atoms with Gasteiger partial charge in [0.05, 0.1) is 30.1 Å². The number of urea groups is 1. The zero-order chi connectivity index (χ0) is 20.1. The Balaban J connectivity index is 1.62. The first-order valence-corrected chi connectivity index (χ1v) is 9.20. The van der Waals surface area contributed by atoms with Crippen LogP contribution in [-0.2, 0) is 16.1 Å². The van der Waals surface area contributed by atoms with Crippen molar-refractivity contribution in [2.75, 3.05) is 17.2 Å². The first kappa shape index (κ1) is 19.5. The number of anilines is 2. The molecule has 2 heterocycles. The number of carbonyl (C=O) groups excluding carboxylic acids is 3. The number of rotatable bonds is 6. The molecule has 0 aliphatic carbocycles. The van der Waals surface area contributed by atoms with Crippen molar-refractivity contribution < 1.29 is 18.8 Å². The van der Waals surface area contributed by atoms with Gasteiger partial charge in [-0.2, -0.15) is 0 Å². The molecule has 0 spiro atoms. The lowest BCUT2D eigenvalue weighted by atomic mass is 10.1. The van der Waals surface area contributed by atoms with Crippen LogP contribution in [0.1, 0.15) is 26.0 Å². The van der Waals surface area contributed by atoms with E-state index in [9.17, 15) is 14.4 Å². The Labute approximate surface area is 163 Å². The summed E-state index contributed by atoms with van der Waals surface area (Å²) in [5.74, 6) is -0.117. The fourth-order valence-corrected chi connectivity index (χ4v) is 3.05. The zero-order valence-corrected chi connectivity index (χ0v) is 15.9. The Morgan fingerprint density at radius 2 is 1.86 bits per heavy atom. The number of likely N-dealkylation sites (tertiary alicyclic amines) is 1. The van der Waals surface area contributed by atoms with Gasteiger partial charge in [0.25, 0.3) is 0 Å². The molecule has 1 aromatic carbocycles. The summed E-state index contributed by atoms with van der Waals surface area (Å²) < 4.78 is 5.27. The monoisotopic (exact) mass is 384 g/mol. The topological polar surface area (TPSA) is 104 Å². The third-order valence-electron chi connectivity index (χ3n) is 4.36. The maximum absolute atomic E-state index is 12.7. The van der Waals surface area contributed by atoms with Crippen molar-refractivity contribution in [3.05, 3.63) is 48.4 Å². The van der Waals surface area contributed by atoms with Gasteiger partial charge in [-0.15, -0.1) is 0 Å². The highest BCUT2D eigenvalue weighted by atomic mass is 16.3. The molecule has 1 unspecified atom stereocenters. The molecule has 1 atom stereocenters. The van der Waals surface area contributed by atoms with E-state index >= 15 is 0 Å². The van der Waals surface area contributed by atoms with Crippen molar-refractivity contribution in [2.45, 2.75) is 32.9 Å². The minimum Gasteiger partial charge on any atom is -0.467 e. The van der Waals surface area contributed by atoms with Crippen LogP contribution in [0.15, 0.2) is 47.1 Å². The molecule has 148 valence electrons. The van der Waals surface area contributed by atoms with Gasteiger partial charge in [0.2, 0.25) is 11.8 Å². The van der Waals surface area contributed by atoms with Crippen molar-refractivity contribution in [1.29, 1.82) is 0 Å². The number of para-hydroxylation sites is 2. The molecule has 0 saturated carbocycles. The van der Waals surface area contributed by atoms with Crippen LogP contribution in [0.2, 0.25) is 0 Å². The third-order valence-corrected chi connectivity index (χ3v) is 4.36. The van der Waals surface area contributed by atoms with Gasteiger partial charge in [0.15, 0.2) is 0 Å². The molecule has 1 aliphatic rings. The molecule has 1 saturated heterocycles. The Morgan fingerprint density at radius 3 is 2.50 bits per heavy atom. The lowest BCUT2D eigenvalue weighted by molar-refractivity contribution is -0.128. The largest absolute Gasteiger partial charge is 0.467 e. The van der Waals surface area contributed by atoms with E-state index in [2.05, 4.69) is 16.0 Å². The van der Waals surface area contributed by atoms with E-state index in [1.807, 2.05) is 13.8 Å². The van der Waals surface area contributed by atoms with Crippen molar-refractivity contribution in [3.63, 3.8) is 0 Å². The lowest BCUT2D eigenvalue weighted by Gasteiger charge is -2.17. The van der Waals surface area contributed by atoms with E-state index in [4.69, 9.17) is 4.42 Å². The molecule has 8 nitrogen and oxygen atoms in total. The maximum Gasteiger partial charge on any atom is 0.319 e. The minimum absolute atomic E-state index is 0.00796. The van der Waals surface area contributed by atoms with E-state index in [0.29, 0.717) is 30.2 Å². The predicted octanol–water partition coefficient (Wildman–Crippen LogP) is 2.80. The number of benzene rings is 1. The fourth-order valence-electron chi connectivity index (χ4n) is 3.05. The normalized spacial score (nSPS) is 16.3. The minimum atomic E-state index is -0.458. The molecule has 1 aromatic heterocycles. The quantitative estimate of drug-likeness (QED) is 0.712. The van der Waals surface area contributed by atoms with Gasteiger partial charge in [-0.3, -0.25) is 9.59 Å². The van der Waals surface area contributed by atoms with Gasteiger partial charge < -0.3 is 25.3 Å². The highest BCUT2D eigenvalue weighted by molar-refractivity contribution is 6.01. The van der Waals surface area contributed by atoms with E-state index in [0.717, 1.165) is 0 Å². The van der Waals surface area contributed by atoms with Crippen LogP contribution in [0.5, 0.6) is 0 Å². The van der Waals surface area contributed by atoms with Crippen molar-refractivity contribution in [2.24, 2.45) is 5.92 Å². The van der Waals surface area contributed by atoms with Gasteiger partial charge in [-0.25, -0.2) is 4.79 Å². The Morgan fingerprint density at radius 1 is 1.14 bits per heavy atom. The smallest absolute Gasteiger partial charge is 0.319 e. The summed E-state index contributed by atoms with van der Waals surface area (Å²) in [7, 11) is 0. The average Bonchev–Trinajstić information content (AvgIpc) is 3.26. The Kier molecular flexibility index (Phi) is 5.98. The number of nitrogens with one attached hydrogen (secondary N) is 3. The molecular formula is C20H24N4O4. The van der Waals surface area contributed by atoms with Gasteiger partial charge in [-0.05, 0) is 38.1 Å². The summed E-state index contributed by atoms with van der Waals surface area (Å²) >= 11 is 0. The summed E-state index contributed by atoms with van der Waals surface area (Å²) in [5.41, 5.74) is 0.981.